The van der Waals surface area contributed by atoms with Crippen LogP contribution in [0.2, 0.25) is 0 Å². The first-order valence-corrected chi connectivity index (χ1v) is 8.43. The number of hydrogen-bond acceptors (Lipinski definition) is 7. The number of anilines is 1. The van der Waals surface area contributed by atoms with Crippen molar-refractivity contribution in [1.82, 2.24) is 19.9 Å². The zero-order valence-corrected chi connectivity index (χ0v) is 14.2. The van der Waals surface area contributed by atoms with Crippen LogP contribution in [-0.4, -0.2) is 44.4 Å². The van der Waals surface area contributed by atoms with E-state index in [0.29, 0.717) is 24.0 Å². The molecule has 0 aliphatic carbocycles. The molecule has 3 rings (SSSR count). The van der Waals surface area contributed by atoms with Crippen molar-refractivity contribution in [1.29, 1.82) is 0 Å². The number of aromatic nitrogens is 3. The van der Waals surface area contributed by atoms with Gasteiger partial charge in [-0.15, -0.1) is 0 Å². The third-order valence-corrected chi connectivity index (χ3v) is 4.69. The van der Waals surface area contributed by atoms with Crippen LogP contribution in [0.25, 0.3) is 0 Å². The Bertz CT molecular complexity index is 711. The SMILES string of the molecule is CC(=O)Nc1nc(F)c(CN2CC(Oc3ncccn3)C[C@@H]2C)s1. The molecule has 0 aromatic carbocycles. The number of hydrogen-bond donors (Lipinski definition) is 1. The second-order valence-electron chi connectivity index (χ2n) is 5.70. The molecule has 1 fully saturated rings. The van der Waals surface area contributed by atoms with Gasteiger partial charge in [0.1, 0.15) is 6.10 Å². The predicted octanol–water partition coefficient (Wildman–Crippen LogP) is 2.07. The molecule has 1 unspecified atom stereocenters. The fourth-order valence-electron chi connectivity index (χ4n) is 2.67. The van der Waals surface area contributed by atoms with Crippen LogP contribution in [0.4, 0.5) is 9.52 Å². The van der Waals surface area contributed by atoms with Gasteiger partial charge < -0.3 is 10.1 Å². The number of likely N-dealkylation sites (tertiary alicyclic amines) is 1. The molecular formula is C15H18FN5O2S. The molecule has 2 atom stereocenters. The van der Waals surface area contributed by atoms with E-state index in [1.807, 2.05) is 0 Å². The van der Waals surface area contributed by atoms with Crippen molar-refractivity contribution in [2.24, 2.45) is 0 Å². The topological polar surface area (TPSA) is 80.2 Å². The van der Waals surface area contributed by atoms with E-state index in [2.05, 4.69) is 32.1 Å². The molecule has 9 heteroatoms. The summed E-state index contributed by atoms with van der Waals surface area (Å²) in [4.78, 5) is 25.5. The summed E-state index contributed by atoms with van der Waals surface area (Å²) in [5.41, 5.74) is 0. The molecule has 128 valence electrons. The van der Waals surface area contributed by atoms with E-state index in [1.165, 1.54) is 6.92 Å². The molecule has 1 N–H and O–H groups in total. The highest BCUT2D eigenvalue weighted by atomic mass is 32.1. The number of rotatable bonds is 5. The van der Waals surface area contributed by atoms with Gasteiger partial charge in [-0.05, 0) is 13.0 Å². The number of nitrogens with zero attached hydrogens (tertiary/aromatic N) is 4. The van der Waals surface area contributed by atoms with Crippen LogP contribution in [0.15, 0.2) is 18.5 Å². The number of ether oxygens (including phenoxy) is 1. The Morgan fingerprint density at radius 3 is 2.96 bits per heavy atom. The Balaban J connectivity index is 1.61. The van der Waals surface area contributed by atoms with Crippen molar-refractivity contribution < 1.29 is 13.9 Å². The Kier molecular flexibility index (Phi) is 5.00. The Labute approximate surface area is 142 Å². The van der Waals surface area contributed by atoms with Crippen LogP contribution in [0.5, 0.6) is 6.01 Å². The van der Waals surface area contributed by atoms with Gasteiger partial charge in [0.15, 0.2) is 5.13 Å². The molecule has 7 nitrogen and oxygen atoms in total. The maximum Gasteiger partial charge on any atom is 0.316 e. The van der Waals surface area contributed by atoms with Crippen molar-refractivity contribution in [3.63, 3.8) is 0 Å². The van der Waals surface area contributed by atoms with Crippen LogP contribution in [0.1, 0.15) is 25.1 Å². The number of thiazole rings is 1. The average Bonchev–Trinajstić information content (AvgIpc) is 3.03. The minimum atomic E-state index is -0.535. The fourth-order valence-corrected chi connectivity index (χ4v) is 3.58. The quantitative estimate of drug-likeness (QED) is 0.888. The summed E-state index contributed by atoms with van der Waals surface area (Å²) in [6.07, 6.45) is 4.05. The monoisotopic (exact) mass is 351 g/mol. The first kappa shape index (κ1) is 16.7. The third-order valence-electron chi connectivity index (χ3n) is 3.76. The molecule has 0 bridgehead atoms. The van der Waals surface area contributed by atoms with E-state index in [9.17, 15) is 9.18 Å². The average molecular weight is 351 g/mol. The van der Waals surface area contributed by atoms with Crippen molar-refractivity contribution >= 4 is 22.4 Å². The van der Waals surface area contributed by atoms with Crippen LogP contribution in [0.3, 0.4) is 0 Å². The summed E-state index contributed by atoms with van der Waals surface area (Å²) in [6.45, 7) is 4.53. The van der Waals surface area contributed by atoms with Crippen LogP contribution in [0, 0.1) is 5.95 Å². The number of carbonyl (C=O) groups is 1. The zero-order chi connectivity index (χ0) is 17.1. The molecule has 3 heterocycles. The molecular weight excluding hydrogens is 333 g/mol. The van der Waals surface area contributed by atoms with Gasteiger partial charge in [0, 0.05) is 44.9 Å². The highest BCUT2D eigenvalue weighted by Crippen LogP contribution is 2.28. The van der Waals surface area contributed by atoms with E-state index < -0.39 is 5.95 Å². The van der Waals surface area contributed by atoms with Gasteiger partial charge in [0.2, 0.25) is 11.9 Å². The summed E-state index contributed by atoms with van der Waals surface area (Å²) in [5.74, 6) is -0.798. The lowest BCUT2D eigenvalue weighted by molar-refractivity contribution is -0.114. The predicted molar refractivity (Wildman–Crippen MR) is 87.3 cm³/mol. The highest BCUT2D eigenvalue weighted by Gasteiger charge is 2.32. The molecule has 1 aliphatic heterocycles. The normalized spacial score (nSPS) is 21.0. The molecule has 1 amide bonds. The van der Waals surface area contributed by atoms with Gasteiger partial charge in [-0.2, -0.15) is 9.37 Å². The Morgan fingerprint density at radius 1 is 1.50 bits per heavy atom. The van der Waals surface area contributed by atoms with Crippen LogP contribution in [-0.2, 0) is 11.3 Å². The third kappa shape index (κ3) is 4.04. The summed E-state index contributed by atoms with van der Waals surface area (Å²) in [7, 11) is 0. The number of nitrogens with one attached hydrogen (secondary N) is 1. The maximum absolute atomic E-state index is 14.0. The van der Waals surface area contributed by atoms with E-state index in [1.54, 1.807) is 18.5 Å². The summed E-state index contributed by atoms with van der Waals surface area (Å²) in [5, 5.41) is 2.80. The molecule has 0 radical (unpaired) electrons. The molecule has 1 aliphatic rings. The summed E-state index contributed by atoms with van der Waals surface area (Å²) < 4.78 is 19.7. The fraction of sp³-hybridized carbons (Fsp3) is 0.467. The summed E-state index contributed by atoms with van der Waals surface area (Å²) in [6, 6.07) is 2.33. The Morgan fingerprint density at radius 2 is 2.25 bits per heavy atom. The van der Waals surface area contributed by atoms with Crippen molar-refractivity contribution in [2.75, 3.05) is 11.9 Å². The van der Waals surface area contributed by atoms with E-state index in [0.717, 1.165) is 17.8 Å². The second kappa shape index (κ2) is 7.18. The van der Waals surface area contributed by atoms with E-state index in [4.69, 9.17) is 4.74 Å². The van der Waals surface area contributed by atoms with Gasteiger partial charge >= 0.3 is 6.01 Å². The molecule has 24 heavy (non-hydrogen) atoms. The van der Waals surface area contributed by atoms with E-state index in [-0.39, 0.29) is 23.2 Å². The molecule has 0 saturated carbocycles. The van der Waals surface area contributed by atoms with E-state index >= 15 is 0 Å². The van der Waals surface area contributed by atoms with Gasteiger partial charge in [-0.25, -0.2) is 9.97 Å². The number of halogens is 1. The smallest absolute Gasteiger partial charge is 0.316 e. The van der Waals surface area contributed by atoms with Crippen molar-refractivity contribution in [3.8, 4) is 6.01 Å². The maximum atomic E-state index is 14.0. The van der Waals surface area contributed by atoms with Gasteiger partial charge in [-0.1, -0.05) is 11.3 Å². The lowest BCUT2D eigenvalue weighted by Crippen LogP contribution is -2.28. The molecule has 1 saturated heterocycles. The lowest BCUT2D eigenvalue weighted by atomic mass is 10.2. The van der Waals surface area contributed by atoms with Crippen molar-refractivity contribution in [3.05, 3.63) is 29.3 Å². The zero-order valence-electron chi connectivity index (χ0n) is 13.4. The standard InChI is InChI=1S/C15H18FN5O2S/c1-9-6-11(23-14-17-4-3-5-18-14)7-21(9)8-12-13(16)20-15(24-12)19-10(2)22/h3-5,9,11H,6-8H2,1-2H3,(H,19,20,22)/t9-,11?/m0/s1. The largest absolute Gasteiger partial charge is 0.459 e. The molecule has 0 spiro atoms. The van der Waals surface area contributed by atoms with Crippen molar-refractivity contribution in [2.45, 2.75) is 39.0 Å². The minimum Gasteiger partial charge on any atom is -0.459 e. The molecule has 2 aromatic rings. The summed E-state index contributed by atoms with van der Waals surface area (Å²) >= 11 is 1.16. The number of amides is 1. The first-order valence-electron chi connectivity index (χ1n) is 7.61. The van der Waals surface area contributed by atoms with Gasteiger partial charge in [0.05, 0.1) is 4.88 Å². The molecule has 2 aromatic heterocycles. The minimum absolute atomic E-state index is 0.0341. The Hall–Kier alpha value is -2.13. The lowest BCUT2D eigenvalue weighted by Gasteiger charge is -2.19. The highest BCUT2D eigenvalue weighted by molar-refractivity contribution is 7.15. The van der Waals surface area contributed by atoms with Crippen LogP contribution >= 0.6 is 11.3 Å². The first-order chi connectivity index (χ1) is 11.5. The van der Waals surface area contributed by atoms with Crippen LogP contribution < -0.4 is 10.1 Å². The number of carbonyl (C=O) groups excluding carboxylic acids is 1. The van der Waals surface area contributed by atoms with Gasteiger partial charge in [-0.3, -0.25) is 9.69 Å². The van der Waals surface area contributed by atoms with Gasteiger partial charge in [0.25, 0.3) is 0 Å². The second-order valence-corrected chi connectivity index (χ2v) is 6.78.